The van der Waals surface area contributed by atoms with Crippen LogP contribution in [0.3, 0.4) is 0 Å². The summed E-state index contributed by atoms with van der Waals surface area (Å²) in [5, 5.41) is 0. The van der Waals surface area contributed by atoms with E-state index in [0.717, 1.165) is 11.1 Å². The summed E-state index contributed by atoms with van der Waals surface area (Å²) in [7, 11) is -3.65. The highest BCUT2D eigenvalue weighted by atomic mass is 32.2. The number of hydrogen-bond donors (Lipinski definition) is 0. The van der Waals surface area contributed by atoms with Gasteiger partial charge in [0.15, 0.2) is 0 Å². The first-order valence-corrected chi connectivity index (χ1v) is 13.8. The third-order valence-corrected chi connectivity index (χ3v) is 7.65. The van der Waals surface area contributed by atoms with Crippen molar-refractivity contribution in [3.63, 3.8) is 0 Å². The molecule has 0 heterocycles. The van der Waals surface area contributed by atoms with E-state index < -0.39 is 9.84 Å². The molecule has 0 N–H and O–H groups in total. The summed E-state index contributed by atoms with van der Waals surface area (Å²) in [5.74, 6) is 1.87. The largest absolute Gasteiger partial charge is 0.488 e. The molecule has 0 aliphatic carbocycles. The maximum Gasteiger partial charge on any atom is 0.206 e. The van der Waals surface area contributed by atoms with Crippen molar-refractivity contribution in [1.82, 2.24) is 0 Å². The van der Waals surface area contributed by atoms with Gasteiger partial charge in [0.05, 0.1) is 9.79 Å². The van der Waals surface area contributed by atoms with E-state index in [4.69, 9.17) is 9.47 Å². The van der Waals surface area contributed by atoms with E-state index >= 15 is 0 Å². The number of benzene rings is 4. The molecule has 0 bridgehead atoms. The van der Waals surface area contributed by atoms with E-state index in [9.17, 15) is 8.42 Å². The van der Waals surface area contributed by atoms with Gasteiger partial charge in [0.2, 0.25) is 9.84 Å². The van der Waals surface area contributed by atoms with Crippen LogP contribution in [0.4, 0.5) is 0 Å². The molecule has 0 saturated carbocycles. The Morgan fingerprint density at radius 1 is 0.514 bits per heavy atom. The van der Waals surface area contributed by atoms with E-state index in [1.165, 1.54) is 5.56 Å². The molecule has 0 unspecified atom stereocenters. The van der Waals surface area contributed by atoms with Crippen molar-refractivity contribution in [3.8, 4) is 28.4 Å². The molecule has 5 heteroatoms. The summed E-state index contributed by atoms with van der Waals surface area (Å²) in [6, 6.07) is 29.5. The molecule has 0 aromatic heterocycles. The van der Waals surface area contributed by atoms with E-state index in [1.807, 2.05) is 45.0 Å². The monoisotopic (exact) mass is 514 g/mol. The SMILES string of the molecule is CC(C)(C)Oc1ccc(S(=O)(=O)c2ccc(Oc3ccc(-c4ccc(C(C)(C)C)cc4)cc3)cc2)cc1. The highest BCUT2D eigenvalue weighted by Gasteiger charge is 2.19. The van der Waals surface area contributed by atoms with Crippen molar-refractivity contribution in [2.24, 2.45) is 0 Å². The fourth-order valence-electron chi connectivity index (χ4n) is 3.88. The lowest BCUT2D eigenvalue weighted by atomic mass is 9.86. The topological polar surface area (TPSA) is 52.6 Å². The van der Waals surface area contributed by atoms with Crippen LogP contribution in [-0.4, -0.2) is 14.0 Å². The number of hydrogen-bond acceptors (Lipinski definition) is 4. The fraction of sp³-hybridized carbons (Fsp3) is 0.250. The average molecular weight is 515 g/mol. The molecule has 4 aromatic rings. The van der Waals surface area contributed by atoms with Crippen LogP contribution >= 0.6 is 0 Å². The molecular weight excluding hydrogens is 480 g/mol. The van der Waals surface area contributed by atoms with Gasteiger partial charge in [-0.1, -0.05) is 57.2 Å². The van der Waals surface area contributed by atoms with Gasteiger partial charge in [-0.05, 0) is 104 Å². The highest BCUT2D eigenvalue weighted by molar-refractivity contribution is 7.91. The fourth-order valence-corrected chi connectivity index (χ4v) is 5.14. The molecule has 192 valence electrons. The molecule has 0 saturated heterocycles. The van der Waals surface area contributed by atoms with Crippen molar-refractivity contribution in [2.75, 3.05) is 0 Å². The Morgan fingerprint density at radius 2 is 0.892 bits per heavy atom. The Hall–Kier alpha value is -3.57. The minimum Gasteiger partial charge on any atom is -0.488 e. The van der Waals surface area contributed by atoms with E-state index in [-0.39, 0.29) is 20.8 Å². The van der Waals surface area contributed by atoms with E-state index in [0.29, 0.717) is 17.2 Å². The molecule has 0 amide bonds. The van der Waals surface area contributed by atoms with Crippen LogP contribution in [-0.2, 0) is 15.3 Å². The lowest BCUT2D eigenvalue weighted by Gasteiger charge is -2.21. The zero-order chi connectivity index (χ0) is 26.8. The summed E-state index contributed by atoms with van der Waals surface area (Å²) in [6.07, 6.45) is 0. The quantitative estimate of drug-likeness (QED) is 0.259. The van der Waals surface area contributed by atoms with Gasteiger partial charge in [0, 0.05) is 0 Å². The average Bonchev–Trinajstić information content (AvgIpc) is 2.84. The lowest BCUT2D eigenvalue weighted by Crippen LogP contribution is -2.22. The molecule has 4 rings (SSSR count). The second-order valence-corrected chi connectivity index (χ2v) is 13.1. The Balaban J connectivity index is 1.44. The van der Waals surface area contributed by atoms with Gasteiger partial charge in [0.25, 0.3) is 0 Å². The van der Waals surface area contributed by atoms with Gasteiger partial charge in [0.1, 0.15) is 22.8 Å². The third kappa shape index (κ3) is 6.60. The van der Waals surface area contributed by atoms with Crippen molar-refractivity contribution in [3.05, 3.63) is 103 Å². The highest BCUT2D eigenvalue weighted by Crippen LogP contribution is 2.30. The maximum absolute atomic E-state index is 13.1. The molecule has 0 fully saturated rings. The van der Waals surface area contributed by atoms with Crippen molar-refractivity contribution >= 4 is 9.84 Å². The van der Waals surface area contributed by atoms with Gasteiger partial charge in [-0.3, -0.25) is 0 Å². The predicted octanol–water partition coefficient (Wildman–Crippen LogP) is 8.45. The number of sulfone groups is 1. The third-order valence-electron chi connectivity index (χ3n) is 5.87. The standard InChI is InChI=1S/C32H34O4S/c1-31(2,3)25-11-7-23(8-12-25)24-9-13-26(14-10-24)35-27-15-19-29(20-16-27)37(33,34)30-21-17-28(18-22-30)36-32(4,5)6/h7-22H,1-6H3. The molecule has 0 atom stereocenters. The van der Waals surface area contributed by atoms with Gasteiger partial charge < -0.3 is 9.47 Å². The second-order valence-electron chi connectivity index (χ2n) is 11.1. The smallest absolute Gasteiger partial charge is 0.206 e. The van der Waals surface area contributed by atoms with E-state index in [2.05, 4.69) is 45.0 Å². The van der Waals surface area contributed by atoms with Crippen LogP contribution in [0, 0.1) is 0 Å². The van der Waals surface area contributed by atoms with Crippen LogP contribution < -0.4 is 9.47 Å². The van der Waals surface area contributed by atoms with Crippen molar-refractivity contribution < 1.29 is 17.9 Å². The normalized spacial score (nSPS) is 12.3. The van der Waals surface area contributed by atoms with Gasteiger partial charge >= 0.3 is 0 Å². The first kappa shape index (κ1) is 26.5. The lowest BCUT2D eigenvalue weighted by molar-refractivity contribution is 0.131. The Bertz CT molecular complexity index is 1440. The molecule has 4 nitrogen and oxygen atoms in total. The molecular formula is C32H34O4S. The molecule has 0 aliphatic heterocycles. The van der Waals surface area contributed by atoms with Crippen molar-refractivity contribution in [1.29, 1.82) is 0 Å². The first-order valence-electron chi connectivity index (χ1n) is 12.3. The first-order chi connectivity index (χ1) is 17.3. The van der Waals surface area contributed by atoms with Crippen molar-refractivity contribution in [2.45, 2.75) is 62.3 Å². The van der Waals surface area contributed by atoms with Gasteiger partial charge in [-0.25, -0.2) is 8.42 Å². The zero-order valence-corrected chi connectivity index (χ0v) is 23.1. The van der Waals surface area contributed by atoms with Crippen LogP contribution in [0.15, 0.2) is 107 Å². The zero-order valence-electron chi connectivity index (χ0n) is 22.3. The summed E-state index contributed by atoms with van der Waals surface area (Å²) < 4.78 is 37.9. The van der Waals surface area contributed by atoms with Crippen LogP contribution in [0.25, 0.3) is 11.1 Å². The molecule has 0 radical (unpaired) electrons. The predicted molar refractivity (Wildman–Crippen MR) is 149 cm³/mol. The summed E-state index contributed by atoms with van der Waals surface area (Å²) in [4.78, 5) is 0.423. The van der Waals surface area contributed by atoms with Gasteiger partial charge in [-0.15, -0.1) is 0 Å². The van der Waals surface area contributed by atoms with Crippen LogP contribution in [0.5, 0.6) is 17.2 Å². The summed E-state index contributed by atoms with van der Waals surface area (Å²) in [6.45, 7) is 12.5. The molecule has 37 heavy (non-hydrogen) atoms. The van der Waals surface area contributed by atoms with Crippen LogP contribution in [0.2, 0.25) is 0 Å². The summed E-state index contributed by atoms with van der Waals surface area (Å²) >= 11 is 0. The second kappa shape index (κ2) is 10.1. The number of rotatable bonds is 6. The Kier molecular flexibility index (Phi) is 7.20. The van der Waals surface area contributed by atoms with E-state index in [1.54, 1.807) is 48.5 Å². The Morgan fingerprint density at radius 3 is 1.30 bits per heavy atom. The molecule has 4 aromatic carbocycles. The van der Waals surface area contributed by atoms with Crippen LogP contribution in [0.1, 0.15) is 47.1 Å². The minimum absolute atomic E-state index is 0.122. The maximum atomic E-state index is 13.1. The summed E-state index contributed by atoms with van der Waals surface area (Å²) in [5.41, 5.74) is 3.32. The molecule has 0 aliphatic rings. The number of ether oxygens (including phenoxy) is 2. The minimum atomic E-state index is -3.65. The Labute approximate surface area is 220 Å². The van der Waals surface area contributed by atoms with Gasteiger partial charge in [-0.2, -0.15) is 0 Å². The molecule has 0 spiro atoms.